The van der Waals surface area contributed by atoms with E-state index >= 15 is 0 Å². The highest BCUT2D eigenvalue weighted by Crippen LogP contribution is 2.26. The summed E-state index contributed by atoms with van der Waals surface area (Å²) in [5.74, 6) is -0.0820. The molecule has 0 saturated carbocycles. The highest BCUT2D eigenvalue weighted by Gasteiger charge is 2.20. The smallest absolute Gasteiger partial charge is 0.266 e. The van der Waals surface area contributed by atoms with Gasteiger partial charge in [0.2, 0.25) is 0 Å². The molecule has 1 rings (SSSR count). The molecule has 0 bridgehead atoms. The third kappa shape index (κ3) is 2.19. The largest absolute Gasteiger partial charge is 0.276 e. The highest BCUT2D eigenvalue weighted by molar-refractivity contribution is 6.68. The zero-order valence-electron chi connectivity index (χ0n) is 6.81. The fourth-order valence-electron chi connectivity index (χ4n) is 1.03. The van der Waals surface area contributed by atoms with Gasteiger partial charge in [-0.15, -0.1) is 11.6 Å². The molecular weight excluding hydrogens is 235 g/mol. The van der Waals surface area contributed by atoms with Gasteiger partial charge in [-0.1, -0.05) is 0 Å². The van der Waals surface area contributed by atoms with Crippen molar-refractivity contribution in [3.8, 4) is 0 Å². The molecule has 0 fully saturated rings. The minimum atomic E-state index is -2.79. The second kappa shape index (κ2) is 4.66. The Morgan fingerprint density at radius 2 is 2.14 bits per heavy atom. The Balaban J connectivity index is 3.35. The molecule has 0 amide bonds. The average molecular weight is 240 g/mol. The van der Waals surface area contributed by atoms with E-state index in [9.17, 15) is 13.6 Å². The van der Waals surface area contributed by atoms with Gasteiger partial charge in [-0.3, -0.25) is 9.78 Å². The van der Waals surface area contributed by atoms with E-state index in [1.807, 2.05) is 0 Å². The molecule has 0 atom stereocenters. The molecule has 0 N–H and O–H groups in total. The number of rotatable bonds is 3. The molecule has 6 heteroatoms. The molecule has 2 nitrogen and oxygen atoms in total. The Morgan fingerprint density at radius 3 is 2.57 bits per heavy atom. The quantitative estimate of drug-likeness (QED) is 0.600. The molecule has 0 unspecified atom stereocenters. The highest BCUT2D eigenvalue weighted by atomic mass is 35.5. The topological polar surface area (TPSA) is 30.0 Å². The Bertz CT molecular complexity index is 357. The predicted molar refractivity (Wildman–Crippen MR) is 48.9 cm³/mol. The molecule has 0 saturated heterocycles. The van der Waals surface area contributed by atoms with Crippen LogP contribution in [0.4, 0.5) is 8.78 Å². The molecule has 1 aromatic heterocycles. The maximum Gasteiger partial charge on any atom is 0.266 e. The van der Waals surface area contributed by atoms with E-state index in [4.69, 9.17) is 23.2 Å². The Labute approximate surface area is 88.8 Å². The summed E-state index contributed by atoms with van der Waals surface area (Å²) < 4.78 is 24.8. The number of carbonyl (C=O) groups excluding carboxylic acids is 1. The minimum Gasteiger partial charge on any atom is -0.276 e. The summed E-state index contributed by atoms with van der Waals surface area (Å²) in [6.07, 6.45) is -0.631. The van der Waals surface area contributed by atoms with Crippen LogP contribution in [0.2, 0.25) is 0 Å². The van der Waals surface area contributed by atoms with Crippen LogP contribution in [-0.4, -0.2) is 10.2 Å². The normalized spacial score (nSPS) is 10.6. The first-order valence-electron chi connectivity index (χ1n) is 3.58. The molecular formula is C8H5Cl2F2NO. The Kier molecular flexibility index (Phi) is 3.77. The minimum absolute atomic E-state index is 0.0820. The zero-order valence-corrected chi connectivity index (χ0v) is 8.32. The Hall–Kier alpha value is -0.740. The molecule has 14 heavy (non-hydrogen) atoms. The summed E-state index contributed by atoms with van der Waals surface area (Å²) in [7, 11) is 0. The van der Waals surface area contributed by atoms with Crippen LogP contribution < -0.4 is 0 Å². The van der Waals surface area contributed by atoms with Crippen molar-refractivity contribution in [3.05, 3.63) is 29.1 Å². The van der Waals surface area contributed by atoms with Crippen LogP contribution in [0.1, 0.15) is 27.9 Å². The fourth-order valence-corrected chi connectivity index (χ4v) is 1.46. The maximum atomic E-state index is 12.4. The first-order valence-corrected chi connectivity index (χ1v) is 4.50. The van der Waals surface area contributed by atoms with E-state index in [0.717, 1.165) is 6.20 Å². The van der Waals surface area contributed by atoms with E-state index in [0.29, 0.717) is 0 Å². The van der Waals surface area contributed by atoms with Crippen molar-refractivity contribution >= 4 is 28.4 Å². The number of halogens is 4. The number of hydrogen-bond donors (Lipinski definition) is 0. The Morgan fingerprint density at radius 1 is 1.50 bits per heavy atom. The standard InChI is InChI=1S/C8H5Cl2F2NO/c9-1-4-2-13-3-5(8(11)12)6(4)7(10)14/h2-3,8H,1H2. The third-order valence-corrected chi connectivity index (χ3v) is 2.11. The van der Waals surface area contributed by atoms with Gasteiger partial charge < -0.3 is 0 Å². The average Bonchev–Trinajstić information content (AvgIpc) is 2.16. The zero-order chi connectivity index (χ0) is 10.7. The van der Waals surface area contributed by atoms with Gasteiger partial charge in [0.05, 0.1) is 5.56 Å². The number of alkyl halides is 3. The molecule has 0 aliphatic carbocycles. The molecule has 76 valence electrons. The predicted octanol–water partition coefficient (Wildman–Crippen LogP) is 3.14. The van der Waals surface area contributed by atoms with E-state index in [-0.39, 0.29) is 17.0 Å². The lowest BCUT2D eigenvalue weighted by Crippen LogP contribution is -2.04. The molecule has 0 spiro atoms. The van der Waals surface area contributed by atoms with Crippen molar-refractivity contribution in [2.24, 2.45) is 0 Å². The summed E-state index contributed by atoms with van der Waals surface area (Å²) in [6, 6.07) is 0. The molecule has 1 heterocycles. The molecule has 0 radical (unpaired) electrons. The summed E-state index contributed by atoms with van der Waals surface area (Å²) in [4.78, 5) is 14.4. The van der Waals surface area contributed by atoms with E-state index in [1.54, 1.807) is 0 Å². The van der Waals surface area contributed by atoms with E-state index in [1.165, 1.54) is 6.20 Å². The SMILES string of the molecule is O=C(Cl)c1c(CCl)cncc1C(F)F. The van der Waals surface area contributed by atoms with E-state index in [2.05, 4.69) is 4.98 Å². The van der Waals surface area contributed by atoms with Gasteiger partial charge in [-0.25, -0.2) is 8.78 Å². The number of aromatic nitrogens is 1. The van der Waals surface area contributed by atoms with Gasteiger partial charge in [0.15, 0.2) is 0 Å². The van der Waals surface area contributed by atoms with Crippen LogP contribution >= 0.6 is 23.2 Å². The number of carbonyl (C=O) groups is 1. The van der Waals surface area contributed by atoms with Crippen molar-refractivity contribution in [1.82, 2.24) is 4.98 Å². The molecule has 0 aliphatic heterocycles. The lowest BCUT2D eigenvalue weighted by molar-refractivity contribution is 0.106. The lowest BCUT2D eigenvalue weighted by Gasteiger charge is -2.07. The second-order valence-corrected chi connectivity index (χ2v) is 3.08. The third-order valence-electron chi connectivity index (χ3n) is 1.63. The lowest BCUT2D eigenvalue weighted by atomic mass is 10.1. The van der Waals surface area contributed by atoms with Gasteiger partial charge in [-0.05, 0) is 17.2 Å². The van der Waals surface area contributed by atoms with Crippen molar-refractivity contribution < 1.29 is 13.6 Å². The fraction of sp³-hybridized carbons (Fsp3) is 0.250. The molecule has 1 aromatic rings. The molecule has 0 aromatic carbocycles. The van der Waals surface area contributed by atoms with Crippen LogP contribution in [-0.2, 0) is 5.88 Å². The van der Waals surface area contributed by atoms with Crippen LogP contribution in [0.25, 0.3) is 0 Å². The van der Waals surface area contributed by atoms with Gasteiger partial charge in [0.25, 0.3) is 11.7 Å². The summed E-state index contributed by atoms with van der Waals surface area (Å²) in [5.41, 5.74) is -0.515. The van der Waals surface area contributed by atoms with Crippen LogP contribution in [0.15, 0.2) is 12.4 Å². The van der Waals surface area contributed by atoms with Crippen molar-refractivity contribution in [3.63, 3.8) is 0 Å². The maximum absolute atomic E-state index is 12.4. The van der Waals surface area contributed by atoms with Crippen LogP contribution in [0, 0.1) is 0 Å². The summed E-state index contributed by atoms with van der Waals surface area (Å²) in [6.45, 7) is 0. The number of nitrogens with zero attached hydrogens (tertiary/aromatic N) is 1. The van der Waals surface area contributed by atoms with Gasteiger partial charge in [0.1, 0.15) is 0 Å². The van der Waals surface area contributed by atoms with Gasteiger partial charge in [0, 0.05) is 23.8 Å². The monoisotopic (exact) mass is 239 g/mol. The summed E-state index contributed by atoms with van der Waals surface area (Å²) >= 11 is 10.6. The molecule has 0 aliphatic rings. The van der Waals surface area contributed by atoms with E-state index < -0.39 is 17.2 Å². The first kappa shape index (κ1) is 11.3. The summed E-state index contributed by atoms with van der Waals surface area (Å²) in [5, 5.41) is -0.946. The number of pyridine rings is 1. The van der Waals surface area contributed by atoms with Crippen molar-refractivity contribution in [1.29, 1.82) is 0 Å². The van der Waals surface area contributed by atoms with Crippen LogP contribution in [0.3, 0.4) is 0 Å². The van der Waals surface area contributed by atoms with Crippen molar-refractivity contribution in [2.75, 3.05) is 0 Å². The van der Waals surface area contributed by atoms with Gasteiger partial charge in [-0.2, -0.15) is 0 Å². The van der Waals surface area contributed by atoms with Gasteiger partial charge >= 0.3 is 0 Å². The first-order chi connectivity index (χ1) is 6.57. The number of hydrogen-bond acceptors (Lipinski definition) is 2. The van der Waals surface area contributed by atoms with Crippen LogP contribution in [0.5, 0.6) is 0 Å². The second-order valence-electron chi connectivity index (χ2n) is 2.47. The van der Waals surface area contributed by atoms with Crippen molar-refractivity contribution in [2.45, 2.75) is 12.3 Å².